The molecule has 0 saturated heterocycles. The Balaban J connectivity index is 1.41. The SMILES string of the molecule is O=C(CSc1nc2ccccc2s1)Nc1ccc2cc[nH]c2c1. The van der Waals surface area contributed by atoms with Crippen molar-refractivity contribution in [3.63, 3.8) is 0 Å². The van der Waals surface area contributed by atoms with Crippen LogP contribution in [-0.2, 0) is 4.79 Å². The summed E-state index contributed by atoms with van der Waals surface area (Å²) in [7, 11) is 0. The van der Waals surface area contributed by atoms with Crippen LogP contribution in [-0.4, -0.2) is 21.6 Å². The van der Waals surface area contributed by atoms with Crippen LogP contribution < -0.4 is 5.32 Å². The van der Waals surface area contributed by atoms with Crippen molar-refractivity contribution in [2.45, 2.75) is 4.34 Å². The molecule has 0 aliphatic rings. The molecule has 4 nitrogen and oxygen atoms in total. The van der Waals surface area contributed by atoms with Gasteiger partial charge in [0.15, 0.2) is 4.34 Å². The Hall–Kier alpha value is -2.31. The lowest BCUT2D eigenvalue weighted by Crippen LogP contribution is -2.13. The van der Waals surface area contributed by atoms with E-state index in [0.717, 1.165) is 31.1 Å². The van der Waals surface area contributed by atoms with Crippen LogP contribution in [0.5, 0.6) is 0 Å². The molecule has 0 bridgehead atoms. The number of nitrogens with one attached hydrogen (secondary N) is 2. The number of thioether (sulfide) groups is 1. The number of anilines is 1. The highest BCUT2D eigenvalue weighted by Crippen LogP contribution is 2.29. The van der Waals surface area contributed by atoms with E-state index < -0.39 is 0 Å². The van der Waals surface area contributed by atoms with Crippen LogP contribution in [0.4, 0.5) is 5.69 Å². The average Bonchev–Trinajstić information content (AvgIpc) is 3.18. The minimum Gasteiger partial charge on any atom is -0.361 e. The molecular weight excluding hydrogens is 326 g/mol. The summed E-state index contributed by atoms with van der Waals surface area (Å²) in [6.07, 6.45) is 1.89. The van der Waals surface area contributed by atoms with Crippen molar-refractivity contribution in [2.75, 3.05) is 11.1 Å². The lowest BCUT2D eigenvalue weighted by molar-refractivity contribution is -0.113. The van der Waals surface area contributed by atoms with Crippen molar-refractivity contribution in [2.24, 2.45) is 0 Å². The molecule has 114 valence electrons. The van der Waals surface area contributed by atoms with Crippen LogP contribution in [0, 0.1) is 0 Å². The lowest BCUT2D eigenvalue weighted by atomic mass is 10.2. The van der Waals surface area contributed by atoms with Gasteiger partial charge in [0.2, 0.25) is 5.91 Å². The van der Waals surface area contributed by atoms with Gasteiger partial charge in [-0.15, -0.1) is 11.3 Å². The molecule has 0 saturated carbocycles. The first kappa shape index (κ1) is 14.3. The summed E-state index contributed by atoms with van der Waals surface area (Å²) in [5.41, 5.74) is 2.80. The van der Waals surface area contributed by atoms with Crippen molar-refractivity contribution in [3.8, 4) is 0 Å². The fourth-order valence-electron chi connectivity index (χ4n) is 2.36. The Morgan fingerprint density at radius 1 is 1.22 bits per heavy atom. The zero-order valence-corrected chi connectivity index (χ0v) is 13.7. The van der Waals surface area contributed by atoms with Crippen LogP contribution in [0.3, 0.4) is 0 Å². The number of hydrogen-bond acceptors (Lipinski definition) is 4. The number of rotatable bonds is 4. The highest BCUT2D eigenvalue weighted by Gasteiger charge is 2.08. The number of thiazole rings is 1. The fraction of sp³-hybridized carbons (Fsp3) is 0.0588. The van der Waals surface area contributed by atoms with Crippen molar-refractivity contribution >= 4 is 55.8 Å². The smallest absolute Gasteiger partial charge is 0.234 e. The molecule has 6 heteroatoms. The van der Waals surface area contributed by atoms with Crippen LogP contribution in [0.2, 0.25) is 0 Å². The normalized spacial score (nSPS) is 11.1. The van der Waals surface area contributed by atoms with E-state index in [1.807, 2.05) is 54.7 Å². The van der Waals surface area contributed by atoms with Gasteiger partial charge in [-0.05, 0) is 35.7 Å². The summed E-state index contributed by atoms with van der Waals surface area (Å²) >= 11 is 3.08. The van der Waals surface area contributed by atoms with Gasteiger partial charge in [0.1, 0.15) is 0 Å². The standard InChI is InChI=1S/C17H13N3OS2/c21-16(19-12-6-5-11-7-8-18-14(11)9-12)10-22-17-20-13-3-1-2-4-15(13)23-17/h1-9,18H,10H2,(H,19,21). The number of aromatic amines is 1. The van der Waals surface area contributed by atoms with Gasteiger partial charge >= 0.3 is 0 Å². The molecule has 1 amide bonds. The van der Waals surface area contributed by atoms with E-state index in [1.54, 1.807) is 11.3 Å². The molecule has 0 radical (unpaired) electrons. The molecule has 4 aromatic rings. The van der Waals surface area contributed by atoms with Crippen molar-refractivity contribution in [1.29, 1.82) is 0 Å². The van der Waals surface area contributed by atoms with Gasteiger partial charge in [-0.1, -0.05) is 30.0 Å². The molecular formula is C17H13N3OS2. The Bertz CT molecular complexity index is 957. The zero-order valence-electron chi connectivity index (χ0n) is 12.1. The maximum absolute atomic E-state index is 12.1. The highest BCUT2D eigenvalue weighted by molar-refractivity contribution is 8.01. The largest absolute Gasteiger partial charge is 0.361 e. The summed E-state index contributed by atoms with van der Waals surface area (Å²) in [6.45, 7) is 0. The Morgan fingerprint density at radius 2 is 2.13 bits per heavy atom. The second kappa shape index (κ2) is 6.06. The number of amides is 1. The Morgan fingerprint density at radius 3 is 3.04 bits per heavy atom. The van der Waals surface area contributed by atoms with Gasteiger partial charge in [-0.2, -0.15) is 0 Å². The topological polar surface area (TPSA) is 57.8 Å². The molecule has 2 heterocycles. The molecule has 0 atom stereocenters. The van der Waals surface area contributed by atoms with Crippen LogP contribution in [0.25, 0.3) is 21.1 Å². The number of H-pyrrole nitrogens is 1. The number of benzene rings is 2. The fourth-order valence-corrected chi connectivity index (χ4v) is 4.23. The molecule has 2 aromatic heterocycles. The van der Waals surface area contributed by atoms with Gasteiger partial charge in [-0.3, -0.25) is 4.79 Å². The number of aromatic nitrogens is 2. The van der Waals surface area contributed by atoms with E-state index in [1.165, 1.54) is 11.8 Å². The summed E-state index contributed by atoms with van der Waals surface area (Å²) in [5, 5.41) is 4.06. The number of carbonyl (C=O) groups is 1. The number of hydrogen-bond donors (Lipinski definition) is 2. The van der Waals surface area contributed by atoms with Gasteiger partial charge in [0.25, 0.3) is 0 Å². The lowest BCUT2D eigenvalue weighted by Gasteiger charge is -2.04. The summed E-state index contributed by atoms with van der Waals surface area (Å²) in [5.74, 6) is 0.322. The number of nitrogens with zero attached hydrogens (tertiary/aromatic N) is 1. The zero-order chi connectivity index (χ0) is 15.6. The third-order valence-corrected chi connectivity index (χ3v) is 5.62. The first-order valence-electron chi connectivity index (χ1n) is 7.13. The number of para-hydroxylation sites is 1. The van der Waals surface area contributed by atoms with Crippen molar-refractivity contribution in [1.82, 2.24) is 9.97 Å². The molecule has 23 heavy (non-hydrogen) atoms. The maximum Gasteiger partial charge on any atom is 0.234 e. The minimum absolute atomic E-state index is 0.0276. The van der Waals surface area contributed by atoms with Gasteiger partial charge in [0.05, 0.1) is 16.0 Å². The van der Waals surface area contributed by atoms with E-state index in [-0.39, 0.29) is 5.91 Å². The van der Waals surface area contributed by atoms with Crippen LogP contribution >= 0.6 is 23.1 Å². The third kappa shape index (κ3) is 3.09. The monoisotopic (exact) mass is 339 g/mol. The van der Waals surface area contributed by atoms with Crippen LogP contribution in [0.15, 0.2) is 59.1 Å². The average molecular weight is 339 g/mol. The number of fused-ring (bicyclic) bond motifs is 2. The van der Waals surface area contributed by atoms with E-state index in [2.05, 4.69) is 15.3 Å². The van der Waals surface area contributed by atoms with Crippen molar-refractivity contribution in [3.05, 3.63) is 54.7 Å². The van der Waals surface area contributed by atoms with Crippen molar-refractivity contribution < 1.29 is 4.79 Å². The maximum atomic E-state index is 12.1. The predicted octanol–water partition coefficient (Wildman–Crippen LogP) is 4.51. The molecule has 0 spiro atoms. The first-order chi connectivity index (χ1) is 11.3. The Kier molecular flexibility index (Phi) is 3.77. The Labute approximate surface area is 140 Å². The van der Waals surface area contributed by atoms with Gasteiger partial charge in [-0.25, -0.2) is 4.98 Å². The summed E-state index contributed by atoms with van der Waals surface area (Å²) in [4.78, 5) is 19.8. The molecule has 2 aromatic carbocycles. The van der Waals surface area contributed by atoms with Gasteiger partial charge < -0.3 is 10.3 Å². The van der Waals surface area contributed by atoms with E-state index in [4.69, 9.17) is 0 Å². The molecule has 0 unspecified atom stereocenters. The molecule has 4 rings (SSSR count). The highest BCUT2D eigenvalue weighted by atomic mass is 32.2. The number of carbonyl (C=O) groups excluding carboxylic acids is 1. The summed E-state index contributed by atoms with van der Waals surface area (Å²) < 4.78 is 2.06. The molecule has 0 aliphatic heterocycles. The second-order valence-corrected chi connectivity index (χ2v) is 7.32. The van der Waals surface area contributed by atoms with Crippen LogP contribution in [0.1, 0.15) is 0 Å². The molecule has 0 aliphatic carbocycles. The molecule has 0 fully saturated rings. The quantitative estimate of drug-likeness (QED) is 0.538. The van der Waals surface area contributed by atoms with E-state index in [9.17, 15) is 4.79 Å². The van der Waals surface area contributed by atoms with E-state index >= 15 is 0 Å². The first-order valence-corrected chi connectivity index (χ1v) is 8.93. The second-order valence-electron chi connectivity index (χ2n) is 5.06. The third-order valence-electron chi connectivity index (χ3n) is 3.44. The van der Waals surface area contributed by atoms with Gasteiger partial charge in [0, 0.05) is 17.4 Å². The predicted molar refractivity (Wildman–Crippen MR) is 97.3 cm³/mol. The molecule has 2 N–H and O–H groups in total. The minimum atomic E-state index is -0.0276. The van der Waals surface area contributed by atoms with E-state index in [0.29, 0.717) is 5.75 Å². The summed E-state index contributed by atoms with van der Waals surface area (Å²) in [6, 6.07) is 15.8.